The van der Waals surface area contributed by atoms with Crippen LogP contribution in [0.25, 0.3) is 16.6 Å². The Hall–Kier alpha value is -2.67. The highest BCUT2D eigenvalue weighted by molar-refractivity contribution is 5.80. The molecule has 0 radical (unpaired) electrons. The Balaban J connectivity index is 1.56. The van der Waals surface area contributed by atoms with Crippen LogP contribution in [-0.4, -0.2) is 52.1 Å². The number of methoxy groups -OCH3 is 1. The van der Waals surface area contributed by atoms with Crippen LogP contribution in [0.15, 0.2) is 36.8 Å². The number of aromatic nitrogens is 4. The Bertz CT molecular complexity index is 911. The normalized spacial score (nSPS) is 22.5. The van der Waals surface area contributed by atoms with Crippen molar-refractivity contribution in [3.63, 3.8) is 0 Å². The number of nitrogens with one attached hydrogen (secondary N) is 1. The van der Waals surface area contributed by atoms with Crippen molar-refractivity contribution in [2.45, 2.75) is 24.9 Å². The summed E-state index contributed by atoms with van der Waals surface area (Å²) in [5.41, 5.74) is 4.40. The topological polar surface area (TPSA) is 67.6 Å². The molecule has 0 aromatic carbocycles. The van der Waals surface area contributed by atoms with E-state index in [1.165, 1.54) is 18.5 Å². The lowest BCUT2D eigenvalue weighted by Crippen LogP contribution is -2.51. The maximum absolute atomic E-state index is 5.19. The third-order valence-corrected chi connectivity index (χ3v) is 5.22. The van der Waals surface area contributed by atoms with Gasteiger partial charge in [0.25, 0.3) is 0 Å². The van der Waals surface area contributed by atoms with Crippen LogP contribution in [-0.2, 0) is 0 Å². The molecule has 2 aliphatic rings. The molecule has 5 rings (SSSR count). The smallest absolute Gasteiger partial charge is 0.233 e. The van der Waals surface area contributed by atoms with E-state index in [2.05, 4.69) is 37.6 Å². The summed E-state index contributed by atoms with van der Waals surface area (Å²) in [5.74, 6) is 0.514. The zero-order valence-electron chi connectivity index (χ0n) is 14.1. The summed E-state index contributed by atoms with van der Waals surface area (Å²) < 4.78 is 7.13. The van der Waals surface area contributed by atoms with Crippen LogP contribution in [0.3, 0.4) is 0 Å². The van der Waals surface area contributed by atoms with Crippen LogP contribution in [0.5, 0.6) is 5.88 Å². The number of nitrogens with zero attached hydrogens (tertiary/aromatic N) is 5. The molecule has 128 valence electrons. The molecular weight excluding hydrogens is 316 g/mol. The van der Waals surface area contributed by atoms with Gasteiger partial charge in [-0.15, -0.1) is 5.10 Å². The zero-order chi connectivity index (χ0) is 16.8. The lowest BCUT2D eigenvalue weighted by molar-refractivity contribution is 0.392. The van der Waals surface area contributed by atoms with E-state index >= 15 is 0 Å². The van der Waals surface area contributed by atoms with Crippen LogP contribution in [0.1, 0.15) is 12.8 Å². The molecule has 7 nitrogen and oxygen atoms in total. The fourth-order valence-electron chi connectivity index (χ4n) is 4.02. The monoisotopic (exact) mass is 336 g/mol. The molecule has 2 saturated heterocycles. The summed E-state index contributed by atoms with van der Waals surface area (Å²) in [5, 5.41) is 16.1. The summed E-state index contributed by atoms with van der Waals surface area (Å²) in [6, 6.07) is 7.40. The molecule has 0 aliphatic carbocycles. The minimum Gasteiger partial charge on any atom is -0.480 e. The van der Waals surface area contributed by atoms with E-state index in [4.69, 9.17) is 4.74 Å². The van der Waals surface area contributed by atoms with E-state index in [1.807, 2.05) is 23.0 Å². The summed E-state index contributed by atoms with van der Waals surface area (Å²) in [6.07, 6.45) is 8.21. The van der Waals surface area contributed by atoms with E-state index < -0.39 is 0 Å². The Kier molecular flexibility index (Phi) is 3.34. The second kappa shape index (κ2) is 5.70. The number of hydrogen-bond donors (Lipinski definition) is 1. The van der Waals surface area contributed by atoms with Gasteiger partial charge >= 0.3 is 0 Å². The maximum atomic E-state index is 5.19. The van der Waals surface area contributed by atoms with Gasteiger partial charge in [-0.05, 0) is 25.0 Å². The van der Waals surface area contributed by atoms with E-state index in [0.717, 1.165) is 29.7 Å². The molecule has 2 fully saturated rings. The van der Waals surface area contributed by atoms with Gasteiger partial charge in [0, 0.05) is 54.8 Å². The fraction of sp³-hybridized carbons (Fsp3) is 0.389. The molecular formula is C18H20N6O. The van der Waals surface area contributed by atoms with Crippen molar-refractivity contribution >= 4 is 11.2 Å². The number of ether oxygens (including phenoxy) is 1. The molecule has 7 heteroatoms. The molecule has 0 amide bonds. The minimum atomic E-state index is 0.514. The average Bonchev–Trinajstić information content (AvgIpc) is 3.24. The summed E-state index contributed by atoms with van der Waals surface area (Å²) in [7, 11) is 1.60. The second-order valence-electron chi connectivity index (χ2n) is 6.80. The largest absolute Gasteiger partial charge is 0.480 e. The lowest BCUT2D eigenvalue weighted by atomic mass is 10.1. The van der Waals surface area contributed by atoms with Crippen molar-refractivity contribution in [3.05, 3.63) is 36.8 Å². The van der Waals surface area contributed by atoms with E-state index in [9.17, 15) is 0 Å². The first-order valence-electron chi connectivity index (χ1n) is 8.65. The quantitative estimate of drug-likeness (QED) is 0.786. The highest BCUT2D eigenvalue weighted by Gasteiger charge is 2.32. The molecule has 2 atom stereocenters. The molecule has 0 saturated carbocycles. The fourth-order valence-corrected chi connectivity index (χ4v) is 4.02. The molecule has 3 aromatic heterocycles. The lowest BCUT2D eigenvalue weighted by Gasteiger charge is -2.34. The number of hydrogen-bond acceptors (Lipinski definition) is 6. The number of anilines is 1. The maximum Gasteiger partial charge on any atom is 0.233 e. The van der Waals surface area contributed by atoms with Crippen molar-refractivity contribution in [2.75, 3.05) is 25.1 Å². The van der Waals surface area contributed by atoms with Crippen molar-refractivity contribution in [1.82, 2.24) is 25.1 Å². The van der Waals surface area contributed by atoms with Crippen molar-refractivity contribution in [3.8, 4) is 17.0 Å². The highest BCUT2D eigenvalue weighted by atomic mass is 16.5. The second-order valence-corrected chi connectivity index (χ2v) is 6.80. The highest BCUT2D eigenvalue weighted by Crippen LogP contribution is 2.31. The first kappa shape index (κ1) is 14.7. The van der Waals surface area contributed by atoms with Gasteiger partial charge in [0.2, 0.25) is 5.88 Å². The van der Waals surface area contributed by atoms with Crippen LogP contribution in [0.2, 0.25) is 0 Å². The average molecular weight is 336 g/mol. The zero-order valence-corrected chi connectivity index (χ0v) is 14.1. The molecule has 2 unspecified atom stereocenters. The molecule has 0 spiro atoms. The predicted molar refractivity (Wildman–Crippen MR) is 94.9 cm³/mol. The van der Waals surface area contributed by atoms with Gasteiger partial charge in [-0.1, -0.05) is 0 Å². The predicted octanol–water partition coefficient (Wildman–Crippen LogP) is 1.74. The van der Waals surface area contributed by atoms with E-state index in [1.54, 1.807) is 13.3 Å². The van der Waals surface area contributed by atoms with E-state index in [-0.39, 0.29) is 0 Å². The Morgan fingerprint density at radius 2 is 2.00 bits per heavy atom. The Labute approximate surface area is 145 Å². The van der Waals surface area contributed by atoms with Gasteiger partial charge in [0.1, 0.15) is 0 Å². The van der Waals surface area contributed by atoms with Crippen LogP contribution >= 0.6 is 0 Å². The van der Waals surface area contributed by atoms with Gasteiger partial charge in [-0.3, -0.25) is 0 Å². The third-order valence-electron chi connectivity index (χ3n) is 5.22. The van der Waals surface area contributed by atoms with Crippen LogP contribution < -0.4 is 15.0 Å². The molecule has 3 aromatic rings. The van der Waals surface area contributed by atoms with Gasteiger partial charge < -0.3 is 15.0 Å². The SMILES string of the molecule is COc1cc(-c2cc3c(N4CC5CCC(C4)N5)ccnn3c2)cnn1. The van der Waals surface area contributed by atoms with Gasteiger partial charge in [-0.2, -0.15) is 10.2 Å². The standard InChI is InChI=1S/C18H20N6O/c1-25-18-7-12(8-19-22-18)13-6-17-16(4-5-20-24(17)9-13)23-10-14-2-3-15(11-23)21-14/h4-9,14-15,21H,2-3,10-11H2,1H3. The van der Waals surface area contributed by atoms with Gasteiger partial charge in [0.15, 0.2) is 0 Å². The molecule has 1 N–H and O–H groups in total. The van der Waals surface area contributed by atoms with Crippen LogP contribution in [0.4, 0.5) is 5.69 Å². The number of fused-ring (bicyclic) bond motifs is 3. The van der Waals surface area contributed by atoms with Crippen molar-refractivity contribution < 1.29 is 4.74 Å². The third kappa shape index (κ3) is 2.51. The Morgan fingerprint density at radius 3 is 2.80 bits per heavy atom. The molecule has 25 heavy (non-hydrogen) atoms. The van der Waals surface area contributed by atoms with Gasteiger partial charge in [0.05, 0.1) is 24.5 Å². The summed E-state index contributed by atoms with van der Waals surface area (Å²) in [4.78, 5) is 2.49. The summed E-state index contributed by atoms with van der Waals surface area (Å²) in [6.45, 7) is 2.11. The Morgan fingerprint density at radius 1 is 1.16 bits per heavy atom. The van der Waals surface area contributed by atoms with Gasteiger partial charge in [-0.25, -0.2) is 4.52 Å². The van der Waals surface area contributed by atoms with Crippen LogP contribution in [0, 0.1) is 0 Å². The van der Waals surface area contributed by atoms with E-state index in [0.29, 0.717) is 18.0 Å². The minimum absolute atomic E-state index is 0.514. The molecule has 5 heterocycles. The molecule has 2 aliphatic heterocycles. The first-order valence-corrected chi connectivity index (χ1v) is 8.65. The number of piperazine rings is 1. The molecule has 2 bridgehead atoms. The number of rotatable bonds is 3. The van der Waals surface area contributed by atoms with Crippen molar-refractivity contribution in [1.29, 1.82) is 0 Å². The van der Waals surface area contributed by atoms with Crippen molar-refractivity contribution in [2.24, 2.45) is 0 Å². The first-order chi connectivity index (χ1) is 12.3. The summed E-state index contributed by atoms with van der Waals surface area (Å²) >= 11 is 0.